The summed E-state index contributed by atoms with van der Waals surface area (Å²) in [6.45, 7) is 2.10. The van der Waals surface area contributed by atoms with E-state index in [1.54, 1.807) is 0 Å². The monoisotopic (exact) mass is 242 g/mol. The van der Waals surface area contributed by atoms with Crippen LogP contribution in [-0.4, -0.2) is 20.0 Å². The number of nitrogens with one attached hydrogen (secondary N) is 1. The molecule has 0 spiro atoms. The summed E-state index contributed by atoms with van der Waals surface area (Å²) in [5.74, 6) is 2.17. The number of anilines is 1. The molecule has 3 nitrogen and oxygen atoms in total. The maximum atomic E-state index is 10.2. The number of rotatable bonds is 2. The second kappa shape index (κ2) is 7.55. The van der Waals surface area contributed by atoms with E-state index in [2.05, 4.69) is 30.3 Å². The van der Waals surface area contributed by atoms with Gasteiger partial charge in [0, 0.05) is 24.5 Å². The van der Waals surface area contributed by atoms with Gasteiger partial charge in [-0.1, -0.05) is 24.9 Å². The number of carbonyl (C=O) groups is 1. The van der Waals surface area contributed by atoms with E-state index in [1.165, 1.54) is 11.3 Å². The molecule has 0 aliphatic carbocycles. The third-order valence-electron chi connectivity index (χ3n) is 3.22. The van der Waals surface area contributed by atoms with Gasteiger partial charge in [-0.25, -0.2) is 5.26 Å². The van der Waals surface area contributed by atoms with E-state index in [0.717, 1.165) is 25.4 Å². The molecule has 1 aromatic rings. The SMILES string of the molecule is CNc1cccc(C)c1.N#CB1CCCC1C=O. The summed E-state index contributed by atoms with van der Waals surface area (Å²) in [7, 11) is 1.93. The lowest BCUT2D eigenvalue weighted by Gasteiger charge is -1.98. The fourth-order valence-corrected chi connectivity index (χ4v) is 2.11. The Labute approximate surface area is 109 Å². The van der Waals surface area contributed by atoms with E-state index in [-0.39, 0.29) is 12.5 Å². The van der Waals surface area contributed by atoms with E-state index >= 15 is 0 Å². The fourth-order valence-electron chi connectivity index (χ4n) is 2.11. The van der Waals surface area contributed by atoms with E-state index in [1.807, 2.05) is 19.2 Å². The van der Waals surface area contributed by atoms with Gasteiger partial charge in [-0.15, -0.1) is 0 Å². The van der Waals surface area contributed by atoms with Crippen molar-refractivity contribution in [1.82, 2.24) is 0 Å². The maximum Gasteiger partial charge on any atom is 0.278 e. The molecule has 0 aromatic heterocycles. The molecule has 1 aliphatic rings. The highest BCUT2D eigenvalue weighted by Gasteiger charge is 2.30. The third kappa shape index (κ3) is 4.25. The highest BCUT2D eigenvalue weighted by atomic mass is 16.1. The molecule has 0 bridgehead atoms. The molecule has 2 rings (SSSR count). The van der Waals surface area contributed by atoms with Gasteiger partial charge in [0.05, 0.1) is 0 Å². The molecule has 0 radical (unpaired) electrons. The lowest BCUT2D eigenvalue weighted by atomic mass is 9.44. The van der Waals surface area contributed by atoms with Crippen LogP contribution in [-0.2, 0) is 4.79 Å². The second-order valence-corrected chi connectivity index (χ2v) is 4.59. The maximum absolute atomic E-state index is 10.2. The smallest absolute Gasteiger partial charge is 0.278 e. The predicted molar refractivity (Wildman–Crippen MR) is 75.9 cm³/mol. The zero-order valence-electron chi connectivity index (χ0n) is 11.0. The molecule has 1 unspecified atom stereocenters. The van der Waals surface area contributed by atoms with Crippen LogP contribution < -0.4 is 5.32 Å². The van der Waals surface area contributed by atoms with Gasteiger partial charge in [0.15, 0.2) is 0 Å². The molecule has 18 heavy (non-hydrogen) atoms. The van der Waals surface area contributed by atoms with Crippen LogP contribution in [0, 0.1) is 18.2 Å². The Bertz CT molecular complexity index is 428. The normalized spacial score (nSPS) is 17.4. The topological polar surface area (TPSA) is 52.9 Å². The van der Waals surface area contributed by atoms with Gasteiger partial charge in [-0.05, 0) is 31.0 Å². The van der Waals surface area contributed by atoms with Crippen molar-refractivity contribution in [2.24, 2.45) is 0 Å². The molecule has 1 fully saturated rings. The van der Waals surface area contributed by atoms with Crippen molar-refractivity contribution < 1.29 is 4.79 Å². The molecule has 1 atom stereocenters. The lowest BCUT2D eigenvalue weighted by Crippen LogP contribution is -2.12. The van der Waals surface area contributed by atoms with E-state index < -0.39 is 0 Å². The number of benzene rings is 1. The number of aryl methyl sites for hydroxylation is 1. The molecule has 1 heterocycles. The van der Waals surface area contributed by atoms with Crippen molar-refractivity contribution in [1.29, 1.82) is 5.26 Å². The molecule has 94 valence electrons. The zero-order chi connectivity index (χ0) is 13.4. The van der Waals surface area contributed by atoms with Crippen molar-refractivity contribution in [3.63, 3.8) is 0 Å². The average Bonchev–Trinajstić information content (AvgIpc) is 2.86. The highest BCUT2D eigenvalue weighted by Crippen LogP contribution is 2.27. The first kappa shape index (κ1) is 14.3. The van der Waals surface area contributed by atoms with Crippen molar-refractivity contribution in [3.05, 3.63) is 29.8 Å². The molecule has 4 heteroatoms. The number of carbonyl (C=O) groups excluding carboxylic acids is 1. The summed E-state index contributed by atoms with van der Waals surface area (Å²) < 4.78 is 0. The fraction of sp³-hybridized carbons (Fsp3) is 0.429. The third-order valence-corrected chi connectivity index (χ3v) is 3.22. The summed E-state index contributed by atoms with van der Waals surface area (Å²) in [5, 5.41) is 11.5. The Kier molecular flexibility index (Phi) is 6.00. The van der Waals surface area contributed by atoms with Gasteiger partial charge in [-0.3, -0.25) is 0 Å². The number of nitriles is 1. The van der Waals surface area contributed by atoms with Crippen LogP contribution in [0.1, 0.15) is 18.4 Å². The van der Waals surface area contributed by atoms with Gasteiger partial charge in [0.2, 0.25) is 0 Å². The molecule has 1 aliphatic heterocycles. The highest BCUT2D eigenvalue weighted by molar-refractivity contribution is 6.71. The first-order chi connectivity index (χ1) is 8.71. The average molecular weight is 242 g/mol. The zero-order valence-corrected chi connectivity index (χ0v) is 11.0. The van der Waals surface area contributed by atoms with E-state index in [9.17, 15) is 4.79 Å². The van der Waals surface area contributed by atoms with Gasteiger partial charge in [0.1, 0.15) is 6.29 Å². The van der Waals surface area contributed by atoms with Crippen LogP contribution in [0.5, 0.6) is 0 Å². The standard InChI is InChI=1S/C8H11N.C6H8BNO/c1-7-4-3-5-8(6-7)9-2;8-5-7-3-1-2-6(7)4-9/h3-6,9H,1-2H3;4,6H,1-3H2. The molecule has 1 N–H and O–H groups in total. The lowest BCUT2D eigenvalue weighted by molar-refractivity contribution is -0.107. The summed E-state index contributed by atoms with van der Waals surface area (Å²) in [5.41, 5.74) is 2.47. The quantitative estimate of drug-likeness (QED) is 0.640. The van der Waals surface area contributed by atoms with E-state index in [4.69, 9.17) is 5.26 Å². The molecular formula is C14H19BN2O. The van der Waals surface area contributed by atoms with Crippen LogP contribution in [0.4, 0.5) is 5.69 Å². The summed E-state index contributed by atoms with van der Waals surface area (Å²) in [4.78, 5) is 10.2. The van der Waals surface area contributed by atoms with Crippen LogP contribution in [0.15, 0.2) is 24.3 Å². The summed E-state index contributed by atoms with van der Waals surface area (Å²) >= 11 is 0. The van der Waals surface area contributed by atoms with Gasteiger partial charge >= 0.3 is 0 Å². The van der Waals surface area contributed by atoms with Gasteiger partial charge < -0.3 is 10.1 Å². The molecule has 1 aromatic carbocycles. The van der Waals surface area contributed by atoms with Crippen molar-refractivity contribution in [2.75, 3.05) is 12.4 Å². The van der Waals surface area contributed by atoms with E-state index in [0.29, 0.717) is 0 Å². The van der Waals surface area contributed by atoms with Crippen LogP contribution >= 0.6 is 0 Å². The first-order valence-electron chi connectivity index (χ1n) is 6.30. The Hall–Kier alpha value is -1.76. The van der Waals surface area contributed by atoms with Crippen molar-refractivity contribution >= 4 is 18.7 Å². The minimum Gasteiger partial charge on any atom is -0.388 e. The Morgan fingerprint density at radius 3 is 2.78 bits per heavy atom. The Morgan fingerprint density at radius 1 is 1.56 bits per heavy atom. The number of hydrogen-bond acceptors (Lipinski definition) is 3. The predicted octanol–water partition coefficient (Wildman–Crippen LogP) is 2.94. The van der Waals surface area contributed by atoms with Crippen LogP contribution in [0.25, 0.3) is 0 Å². The molecule has 0 amide bonds. The number of aldehydes is 1. The second-order valence-electron chi connectivity index (χ2n) is 4.59. The van der Waals surface area contributed by atoms with Crippen molar-refractivity contribution in [3.8, 4) is 5.97 Å². The van der Waals surface area contributed by atoms with Crippen LogP contribution in [0.3, 0.4) is 0 Å². The molecular weight excluding hydrogens is 223 g/mol. The number of nitrogens with zero attached hydrogens (tertiary/aromatic N) is 1. The summed E-state index contributed by atoms with van der Waals surface area (Å²) in [6, 6.07) is 8.29. The van der Waals surface area contributed by atoms with Crippen LogP contribution in [0.2, 0.25) is 12.1 Å². The van der Waals surface area contributed by atoms with Gasteiger partial charge in [-0.2, -0.15) is 0 Å². The molecule has 1 saturated heterocycles. The summed E-state index contributed by atoms with van der Waals surface area (Å²) in [6.07, 6.45) is 3.80. The van der Waals surface area contributed by atoms with Gasteiger partial charge in [0.25, 0.3) is 6.71 Å². The Morgan fingerprint density at radius 2 is 2.33 bits per heavy atom. The van der Waals surface area contributed by atoms with Crippen molar-refractivity contribution in [2.45, 2.75) is 31.9 Å². The largest absolute Gasteiger partial charge is 0.388 e. The first-order valence-corrected chi connectivity index (χ1v) is 6.30. The molecule has 0 saturated carbocycles. The Balaban J connectivity index is 0.000000180. The number of hydrogen-bond donors (Lipinski definition) is 1. The minimum atomic E-state index is 0.0162. The minimum absolute atomic E-state index is 0.0162.